The molecule has 4 rings (SSSR count). The summed E-state index contributed by atoms with van der Waals surface area (Å²) in [7, 11) is 0. The summed E-state index contributed by atoms with van der Waals surface area (Å²) in [6.45, 7) is 4.06. The van der Waals surface area contributed by atoms with Gasteiger partial charge in [-0.05, 0) is 80.0 Å². The summed E-state index contributed by atoms with van der Waals surface area (Å²) < 4.78 is 0. The third-order valence-electron chi connectivity index (χ3n) is 5.56. The molecular weight excluding hydrogens is 390 g/mol. The Bertz CT molecular complexity index is 1070. The van der Waals surface area contributed by atoms with Crippen LogP contribution in [0.5, 0.6) is 0 Å². The zero-order chi connectivity index (χ0) is 20.9. The second kappa shape index (κ2) is 9.35. The molecule has 0 atom stereocenters. The van der Waals surface area contributed by atoms with Crippen LogP contribution in [0.15, 0.2) is 47.7 Å². The van der Waals surface area contributed by atoms with Gasteiger partial charge in [-0.25, -0.2) is 4.99 Å². The first-order valence-electron chi connectivity index (χ1n) is 10.6. The van der Waals surface area contributed by atoms with Gasteiger partial charge in [-0.1, -0.05) is 25.0 Å². The Balaban J connectivity index is 1.72. The van der Waals surface area contributed by atoms with Crippen molar-refractivity contribution in [3.63, 3.8) is 0 Å². The Hall–Kier alpha value is -2.79. The fraction of sp³-hybridized carbons (Fsp3) is 0.320. The Morgan fingerprint density at radius 2 is 1.83 bits per heavy atom. The number of carbonyl (C=O) groups is 1. The van der Waals surface area contributed by atoms with Crippen molar-refractivity contribution in [3.8, 4) is 0 Å². The van der Waals surface area contributed by atoms with Crippen molar-refractivity contribution in [1.29, 1.82) is 0 Å². The number of pyridine rings is 1. The van der Waals surface area contributed by atoms with Crippen LogP contribution in [-0.4, -0.2) is 17.1 Å². The zero-order valence-electron chi connectivity index (χ0n) is 17.6. The number of nitrogens with zero attached hydrogens (tertiary/aromatic N) is 2. The number of nitrogens with one attached hydrogen (secondary N) is 1. The maximum absolute atomic E-state index is 13.5. The maximum atomic E-state index is 13.5. The molecule has 2 aromatic heterocycles. The average Bonchev–Trinajstić information content (AvgIpc) is 3.06. The molecule has 0 aliphatic heterocycles. The van der Waals surface area contributed by atoms with E-state index in [4.69, 9.17) is 4.99 Å². The first-order chi connectivity index (χ1) is 14.6. The lowest BCUT2D eigenvalue weighted by molar-refractivity contribution is 0.102. The number of aliphatic imine (C=N–C) groups is 1. The molecule has 1 N–H and O–H groups in total. The maximum Gasteiger partial charge on any atom is 0.259 e. The van der Waals surface area contributed by atoms with Crippen LogP contribution in [0.1, 0.15) is 63.2 Å². The largest absolute Gasteiger partial charge is 0.322 e. The molecule has 1 amide bonds. The first kappa shape index (κ1) is 20.5. The molecule has 1 aliphatic carbocycles. The van der Waals surface area contributed by atoms with Gasteiger partial charge in [0.1, 0.15) is 5.00 Å². The fourth-order valence-corrected chi connectivity index (χ4v) is 5.10. The third kappa shape index (κ3) is 4.68. The number of aryl methyl sites for hydroxylation is 3. The summed E-state index contributed by atoms with van der Waals surface area (Å²) in [5.74, 6) is -0.0522. The molecule has 4 nitrogen and oxygen atoms in total. The Morgan fingerprint density at radius 3 is 2.63 bits per heavy atom. The van der Waals surface area contributed by atoms with Gasteiger partial charge in [-0.15, -0.1) is 11.3 Å². The Labute approximate surface area is 182 Å². The van der Waals surface area contributed by atoms with Gasteiger partial charge in [-0.3, -0.25) is 9.78 Å². The molecule has 0 unspecified atom stereocenters. The molecular formula is C25H27N3OS. The number of rotatable bonds is 4. The Morgan fingerprint density at radius 1 is 1.07 bits per heavy atom. The molecule has 0 bridgehead atoms. The molecule has 0 saturated carbocycles. The summed E-state index contributed by atoms with van der Waals surface area (Å²) in [5, 5.41) is 3.97. The van der Waals surface area contributed by atoms with Crippen LogP contribution in [0.2, 0.25) is 0 Å². The standard InChI is InChI=1S/C25H27N3OS/c1-17-9-10-18(2)21(15-17)28-24(29)23-20-7-5-3-4-6-8-22(20)30-25(23)27-16-19-11-13-26-14-12-19/h9-16H,3-8H2,1-2H3,(H,28,29). The quantitative estimate of drug-likeness (QED) is 0.498. The van der Waals surface area contributed by atoms with Crippen LogP contribution in [-0.2, 0) is 12.8 Å². The molecule has 5 heteroatoms. The second-order valence-electron chi connectivity index (χ2n) is 7.91. The number of anilines is 1. The minimum absolute atomic E-state index is 0.0522. The molecule has 154 valence electrons. The van der Waals surface area contributed by atoms with Gasteiger partial charge >= 0.3 is 0 Å². The summed E-state index contributed by atoms with van der Waals surface area (Å²) in [6.07, 6.45) is 12.1. The van der Waals surface area contributed by atoms with Crippen LogP contribution in [0.3, 0.4) is 0 Å². The number of carbonyl (C=O) groups excluding carboxylic acids is 1. The predicted octanol–water partition coefficient (Wildman–Crippen LogP) is 6.42. The van der Waals surface area contributed by atoms with E-state index < -0.39 is 0 Å². The normalized spacial score (nSPS) is 14.2. The number of benzene rings is 1. The van der Waals surface area contributed by atoms with Crippen LogP contribution in [0.4, 0.5) is 10.7 Å². The summed E-state index contributed by atoms with van der Waals surface area (Å²) in [4.78, 5) is 23.6. The lowest BCUT2D eigenvalue weighted by atomic mass is 9.96. The lowest BCUT2D eigenvalue weighted by Crippen LogP contribution is -2.15. The fourth-order valence-electron chi connectivity index (χ4n) is 3.87. The monoisotopic (exact) mass is 417 g/mol. The van der Waals surface area contributed by atoms with Gasteiger partial charge in [0.15, 0.2) is 0 Å². The number of amides is 1. The molecule has 0 fully saturated rings. The minimum atomic E-state index is -0.0522. The summed E-state index contributed by atoms with van der Waals surface area (Å²) in [5.41, 5.74) is 6.00. The van der Waals surface area contributed by atoms with E-state index >= 15 is 0 Å². The number of aromatic nitrogens is 1. The van der Waals surface area contributed by atoms with E-state index in [1.807, 2.05) is 44.3 Å². The smallest absolute Gasteiger partial charge is 0.259 e. The highest BCUT2D eigenvalue weighted by Crippen LogP contribution is 2.39. The summed E-state index contributed by atoms with van der Waals surface area (Å²) >= 11 is 1.68. The van der Waals surface area contributed by atoms with Crippen molar-refractivity contribution in [3.05, 3.63) is 75.4 Å². The zero-order valence-corrected chi connectivity index (χ0v) is 18.4. The highest BCUT2D eigenvalue weighted by atomic mass is 32.1. The van der Waals surface area contributed by atoms with Gasteiger partial charge in [-0.2, -0.15) is 0 Å². The summed E-state index contributed by atoms with van der Waals surface area (Å²) in [6, 6.07) is 9.98. The van der Waals surface area contributed by atoms with E-state index in [9.17, 15) is 4.79 Å². The molecule has 1 aromatic carbocycles. The van der Waals surface area contributed by atoms with Crippen LogP contribution in [0, 0.1) is 13.8 Å². The van der Waals surface area contributed by atoms with Crippen LogP contribution in [0.25, 0.3) is 0 Å². The predicted molar refractivity (Wildman–Crippen MR) is 126 cm³/mol. The Kier molecular flexibility index (Phi) is 6.38. The topological polar surface area (TPSA) is 54.4 Å². The molecule has 1 aliphatic rings. The third-order valence-corrected chi connectivity index (χ3v) is 6.76. The van der Waals surface area contributed by atoms with E-state index in [-0.39, 0.29) is 5.91 Å². The van der Waals surface area contributed by atoms with E-state index in [2.05, 4.69) is 16.4 Å². The van der Waals surface area contributed by atoms with E-state index in [0.29, 0.717) is 0 Å². The highest BCUT2D eigenvalue weighted by molar-refractivity contribution is 7.16. The van der Waals surface area contributed by atoms with Gasteiger partial charge < -0.3 is 5.32 Å². The van der Waals surface area contributed by atoms with E-state index in [1.54, 1.807) is 23.7 Å². The molecule has 3 aromatic rings. The SMILES string of the molecule is Cc1ccc(C)c(NC(=O)c2c(N=Cc3ccncc3)sc3c2CCCCCC3)c1. The minimum Gasteiger partial charge on any atom is -0.322 e. The van der Waals surface area contributed by atoms with E-state index in [0.717, 1.165) is 52.2 Å². The van der Waals surface area contributed by atoms with Crippen molar-refractivity contribution in [2.75, 3.05) is 5.32 Å². The van der Waals surface area contributed by atoms with Crippen molar-refractivity contribution in [1.82, 2.24) is 4.98 Å². The van der Waals surface area contributed by atoms with Gasteiger partial charge in [0.25, 0.3) is 5.91 Å². The second-order valence-corrected chi connectivity index (χ2v) is 8.99. The number of thiophene rings is 1. The van der Waals surface area contributed by atoms with Crippen molar-refractivity contribution < 1.29 is 4.79 Å². The number of fused-ring (bicyclic) bond motifs is 1. The molecule has 30 heavy (non-hydrogen) atoms. The van der Waals surface area contributed by atoms with Gasteiger partial charge in [0.05, 0.1) is 5.56 Å². The van der Waals surface area contributed by atoms with Crippen LogP contribution >= 0.6 is 11.3 Å². The molecule has 0 spiro atoms. The number of hydrogen-bond acceptors (Lipinski definition) is 4. The number of hydrogen-bond donors (Lipinski definition) is 1. The molecule has 0 radical (unpaired) electrons. The van der Waals surface area contributed by atoms with Gasteiger partial charge in [0, 0.05) is 29.2 Å². The van der Waals surface area contributed by atoms with Gasteiger partial charge in [0.2, 0.25) is 0 Å². The van der Waals surface area contributed by atoms with Crippen molar-refractivity contribution >= 4 is 34.1 Å². The first-order valence-corrected chi connectivity index (χ1v) is 11.4. The van der Waals surface area contributed by atoms with Crippen molar-refractivity contribution in [2.45, 2.75) is 52.4 Å². The highest BCUT2D eigenvalue weighted by Gasteiger charge is 2.24. The van der Waals surface area contributed by atoms with E-state index in [1.165, 1.54) is 29.7 Å². The molecule has 0 saturated heterocycles. The van der Waals surface area contributed by atoms with Crippen molar-refractivity contribution in [2.24, 2.45) is 4.99 Å². The molecule has 2 heterocycles. The van der Waals surface area contributed by atoms with Crippen LogP contribution < -0.4 is 5.32 Å². The average molecular weight is 418 g/mol. The lowest BCUT2D eigenvalue weighted by Gasteiger charge is -2.13.